The van der Waals surface area contributed by atoms with Gasteiger partial charge in [-0.1, -0.05) is 49.4 Å². The fraction of sp³-hybridized carbons (Fsp3) is 0.571. The van der Waals surface area contributed by atoms with Crippen molar-refractivity contribution in [3.63, 3.8) is 0 Å². The molecule has 1 unspecified atom stereocenters. The molecule has 2 rings (SSSR count). The molecule has 1 aliphatic rings. The monoisotopic (exact) mass is 252 g/mol. The predicted octanol–water partition coefficient (Wildman–Crippen LogP) is 3.73. The quantitative estimate of drug-likeness (QED) is 0.633. The Balaban J connectivity index is 2.10. The molecule has 1 fully saturated rings. The summed E-state index contributed by atoms with van der Waals surface area (Å²) in [5.41, 5.74) is 5.24. The zero-order valence-corrected chi connectivity index (χ0v) is 11.1. The lowest BCUT2D eigenvalue weighted by atomic mass is 9.93. The van der Waals surface area contributed by atoms with Crippen LogP contribution in [0.25, 0.3) is 0 Å². The molecular formula is C14H21ClN2. The third-order valence-electron chi connectivity index (χ3n) is 3.78. The molecule has 0 bridgehead atoms. The lowest BCUT2D eigenvalue weighted by molar-refractivity contribution is 0.400. The Labute approximate surface area is 109 Å². The van der Waals surface area contributed by atoms with Gasteiger partial charge in [-0.25, -0.2) is 0 Å². The fourth-order valence-corrected chi connectivity index (χ4v) is 3.15. The van der Waals surface area contributed by atoms with Crippen molar-refractivity contribution < 1.29 is 0 Å². The van der Waals surface area contributed by atoms with Gasteiger partial charge >= 0.3 is 0 Å². The molecule has 94 valence electrons. The minimum atomic E-state index is 0.186. The second-order valence-electron chi connectivity index (χ2n) is 5.13. The van der Waals surface area contributed by atoms with Crippen molar-refractivity contribution in [2.75, 3.05) is 0 Å². The average Bonchev–Trinajstić information content (AvgIpc) is 2.79. The first-order valence-corrected chi connectivity index (χ1v) is 6.80. The number of nitrogens with one attached hydrogen (secondary N) is 1. The van der Waals surface area contributed by atoms with Gasteiger partial charge in [0.2, 0.25) is 0 Å². The molecule has 1 aliphatic carbocycles. The summed E-state index contributed by atoms with van der Waals surface area (Å²) in [6.07, 6.45) is 6.50. The first kappa shape index (κ1) is 12.9. The normalized spacial score (nSPS) is 18.5. The van der Waals surface area contributed by atoms with Crippen LogP contribution >= 0.6 is 11.6 Å². The Kier molecular flexibility index (Phi) is 4.43. The largest absolute Gasteiger partial charge is 0.271 e. The number of benzene rings is 1. The van der Waals surface area contributed by atoms with Gasteiger partial charge in [0.15, 0.2) is 0 Å². The highest BCUT2D eigenvalue weighted by molar-refractivity contribution is 6.31. The number of hydrogen-bond acceptors (Lipinski definition) is 2. The second-order valence-corrected chi connectivity index (χ2v) is 5.54. The van der Waals surface area contributed by atoms with Crippen molar-refractivity contribution >= 4 is 11.6 Å². The first-order valence-electron chi connectivity index (χ1n) is 6.43. The molecule has 0 radical (unpaired) electrons. The van der Waals surface area contributed by atoms with Gasteiger partial charge in [0, 0.05) is 11.1 Å². The van der Waals surface area contributed by atoms with E-state index in [1.807, 2.05) is 6.07 Å². The maximum atomic E-state index is 6.29. The van der Waals surface area contributed by atoms with Crippen molar-refractivity contribution in [1.29, 1.82) is 0 Å². The summed E-state index contributed by atoms with van der Waals surface area (Å²) < 4.78 is 0. The molecule has 0 amide bonds. The lowest BCUT2D eigenvalue weighted by Crippen LogP contribution is -2.29. The van der Waals surface area contributed by atoms with Gasteiger partial charge < -0.3 is 0 Å². The Hall–Kier alpha value is -0.570. The summed E-state index contributed by atoms with van der Waals surface area (Å²) >= 11 is 6.29. The molecule has 3 heteroatoms. The summed E-state index contributed by atoms with van der Waals surface area (Å²) in [7, 11) is 0. The molecule has 3 N–H and O–H groups in total. The van der Waals surface area contributed by atoms with Crippen LogP contribution in [0.1, 0.15) is 49.3 Å². The van der Waals surface area contributed by atoms with Gasteiger partial charge in [0.05, 0.1) is 0 Å². The Morgan fingerprint density at radius 3 is 2.71 bits per heavy atom. The van der Waals surface area contributed by atoms with Crippen molar-refractivity contribution in [2.45, 2.75) is 45.1 Å². The van der Waals surface area contributed by atoms with Gasteiger partial charge in [-0.2, -0.15) is 0 Å². The van der Waals surface area contributed by atoms with Crippen LogP contribution < -0.4 is 11.3 Å². The smallest absolute Gasteiger partial charge is 0.0477 e. The van der Waals surface area contributed by atoms with E-state index < -0.39 is 0 Å². The van der Waals surface area contributed by atoms with Crippen molar-refractivity contribution in [1.82, 2.24) is 5.43 Å². The molecule has 1 atom stereocenters. The average molecular weight is 253 g/mol. The standard InChI is InChI=1S/C14H21ClN2/c1-10-6-7-12(13(15)8-10)14(17-16)9-11-4-2-3-5-11/h6-8,11,14,17H,2-5,9,16H2,1H3. The third-order valence-corrected chi connectivity index (χ3v) is 4.10. The van der Waals surface area contributed by atoms with Crippen LogP contribution in [0.4, 0.5) is 0 Å². The molecule has 1 aromatic rings. The summed E-state index contributed by atoms with van der Waals surface area (Å²) in [6, 6.07) is 6.39. The Morgan fingerprint density at radius 1 is 1.41 bits per heavy atom. The lowest BCUT2D eigenvalue weighted by Gasteiger charge is -2.21. The van der Waals surface area contributed by atoms with Gasteiger partial charge in [-0.15, -0.1) is 0 Å². The minimum Gasteiger partial charge on any atom is -0.271 e. The van der Waals surface area contributed by atoms with E-state index in [0.717, 1.165) is 22.9 Å². The molecule has 1 saturated carbocycles. The number of aryl methyl sites for hydroxylation is 1. The molecule has 0 spiro atoms. The van der Waals surface area contributed by atoms with Crippen LogP contribution in [0.15, 0.2) is 18.2 Å². The van der Waals surface area contributed by atoms with Gasteiger partial charge in [0.25, 0.3) is 0 Å². The van der Waals surface area contributed by atoms with Crippen LogP contribution in [-0.4, -0.2) is 0 Å². The number of hydrogen-bond donors (Lipinski definition) is 2. The predicted molar refractivity (Wildman–Crippen MR) is 72.8 cm³/mol. The van der Waals surface area contributed by atoms with Gasteiger partial charge in [-0.05, 0) is 36.5 Å². The van der Waals surface area contributed by atoms with Crippen LogP contribution in [0, 0.1) is 12.8 Å². The topological polar surface area (TPSA) is 38.0 Å². The third kappa shape index (κ3) is 3.21. The first-order chi connectivity index (χ1) is 8.20. The zero-order chi connectivity index (χ0) is 12.3. The van der Waals surface area contributed by atoms with E-state index in [1.54, 1.807) is 0 Å². The van der Waals surface area contributed by atoms with Gasteiger partial charge in [-0.3, -0.25) is 11.3 Å². The Bertz CT molecular complexity index is 372. The molecule has 2 nitrogen and oxygen atoms in total. The molecular weight excluding hydrogens is 232 g/mol. The van der Waals surface area contributed by atoms with E-state index in [0.29, 0.717) is 0 Å². The maximum Gasteiger partial charge on any atom is 0.0477 e. The van der Waals surface area contributed by atoms with Gasteiger partial charge in [0.1, 0.15) is 0 Å². The maximum absolute atomic E-state index is 6.29. The number of hydrazine groups is 1. The van der Waals surface area contributed by atoms with Crippen molar-refractivity contribution in [2.24, 2.45) is 11.8 Å². The van der Waals surface area contributed by atoms with E-state index in [2.05, 4.69) is 24.5 Å². The van der Waals surface area contributed by atoms with E-state index >= 15 is 0 Å². The highest BCUT2D eigenvalue weighted by atomic mass is 35.5. The summed E-state index contributed by atoms with van der Waals surface area (Å²) in [6.45, 7) is 2.05. The fourth-order valence-electron chi connectivity index (χ4n) is 2.78. The summed E-state index contributed by atoms with van der Waals surface area (Å²) in [5, 5.41) is 0.825. The highest BCUT2D eigenvalue weighted by Gasteiger charge is 2.21. The molecule has 0 aliphatic heterocycles. The van der Waals surface area contributed by atoms with Crippen molar-refractivity contribution in [3.05, 3.63) is 34.3 Å². The number of halogens is 1. The SMILES string of the molecule is Cc1ccc(C(CC2CCCC2)NN)c(Cl)c1. The van der Waals surface area contributed by atoms with Crippen molar-refractivity contribution in [3.8, 4) is 0 Å². The van der Waals surface area contributed by atoms with Crippen LogP contribution in [0.3, 0.4) is 0 Å². The molecule has 1 aromatic carbocycles. The van der Waals surface area contributed by atoms with E-state index in [-0.39, 0.29) is 6.04 Å². The molecule has 0 aromatic heterocycles. The van der Waals surface area contributed by atoms with E-state index in [9.17, 15) is 0 Å². The highest BCUT2D eigenvalue weighted by Crippen LogP contribution is 2.34. The Morgan fingerprint density at radius 2 is 2.12 bits per heavy atom. The van der Waals surface area contributed by atoms with Crippen LogP contribution in [-0.2, 0) is 0 Å². The van der Waals surface area contributed by atoms with E-state index in [1.165, 1.54) is 31.2 Å². The molecule has 0 heterocycles. The summed E-state index contributed by atoms with van der Waals surface area (Å²) in [5.74, 6) is 6.48. The minimum absolute atomic E-state index is 0.186. The number of rotatable bonds is 4. The van der Waals surface area contributed by atoms with Crippen LogP contribution in [0.2, 0.25) is 5.02 Å². The molecule has 17 heavy (non-hydrogen) atoms. The number of nitrogens with two attached hydrogens (primary N) is 1. The zero-order valence-electron chi connectivity index (χ0n) is 10.4. The van der Waals surface area contributed by atoms with Crippen LogP contribution in [0.5, 0.6) is 0 Å². The molecule has 0 saturated heterocycles. The van der Waals surface area contributed by atoms with E-state index in [4.69, 9.17) is 17.4 Å². The summed E-state index contributed by atoms with van der Waals surface area (Å²) in [4.78, 5) is 0. The second kappa shape index (κ2) is 5.85.